The van der Waals surface area contributed by atoms with Crippen molar-refractivity contribution < 1.29 is 24.6 Å². The number of carbonyl (C=O) groups excluding carboxylic acids is 2. The molecule has 2 aliphatic heterocycles. The molecule has 3 heterocycles. The summed E-state index contributed by atoms with van der Waals surface area (Å²) in [6, 6.07) is 6.94. The summed E-state index contributed by atoms with van der Waals surface area (Å²) in [7, 11) is 0. The molecule has 0 radical (unpaired) electrons. The molecule has 31 heavy (non-hydrogen) atoms. The van der Waals surface area contributed by atoms with E-state index in [1.165, 1.54) is 11.3 Å². The van der Waals surface area contributed by atoms with E-state index in [1.54, 1.807) is 23.9 Å². The third kappa shape index (κ3) is 2.54. The number of aromatic nitrogens is 1. The van der Waals surface area contributed by atoms with Gasteiger partial charge >= 0.3 is 10.8 Å². The van der Waals surface area contributed by atoms with Gasteiger partial charge in [0, 0.05) is 16.0 Å². The molecule has 2 saturated carbocycles. The predicted octanol–water partition coefficient (Wildman–Crippen LogP) is 1.70. The number of nitrogens with zero attached hydrogens (tertiary/aromatic N) is 1. The highest BCUT2D eigenvalue weighted by molar-refractivity contribution is 8.00. The number of aromatic hydroxyl groups is 1. The second-order valence-electron chi connectivity index (χ2n) is 8.71. The summed E-state index contributed by atoms with van der Waals surface area (Å²) in [4.78, 5) is 54.1. The maximum absolute atomic E-state index is 13.1. The lowest BCUT2D eigenvalue weighted by Crippen LogP contribution is -2.42. The van der Waals surface area contributed by atoms with Gasteiger partial charge in [0.05, 0.1) is 16.9 Å². The lowest BCUT2D eigenvalue weighted by molar-refractivity contribution is -0.149. The third-order valence-corrected chi connectivity index (χ3v) is 9.95. The number of thioether (sulfide) groups is 1. The zero-order valence-corrected chi connectivity index (χ0v) is 17.7. The number of H-pyrrole nitrogens is 1. The molecule has 2 bridgehead atoms. The number of imide groups is 1. The number of hydrogen-bond acceptors (Lipinski definition) is 7. The number of fused-ring (bicyclic) bond motifs is 9. The van der Waals surface area contributed by atoms with E-state index in [0.717, 1.165) is 26.8 Å². The topological polar surface area (TPSA) is 128 Å². The minimum atomic E-state index is -1.19. The van der Waals surface area contributed by atoms with Gasteiger partial charge in [-0.05, 0) is 41.9 Å². The Kier molecular flexibility index (Phi) is 3.98. The number of likely N-dealkylation sites (tertiary alicyclic amines) is 1. The minimum Gasteiger partial charge on any atom is -0.508 e. The highest BCUT2D eigenvalue weighted by Crippen LogP contribution is 2.68. The Morgan fingerprint density at radius 1 is 1.10 bits per heavy atom. The van der Waals surface area contributed by atoms with Gasteiger partial charge in [-0.25, -0.2) is 0 Å². The molecule has 6 rings (SSSR count). The molecule has 160 valence electrons. The van der Waals surface area contributed by atoms with Crippen LogP contribution in [0.1, 0.15) is 22.8 Å². The Bertz CT molecular complexity index is 1190. The number of phenols is 1. The fraction of sp³-hybridized carbons (Fsp3) is 0.429. The quantitative estimate of drug-likeness (QED) is 0.597. The molecule has 7 atom stereocenters. The molecule has 0 spiro atoms. The smallest absolute Gasteiger partial charge is 0.323 e. The predicted molar refractivity (Wildman–Crippen MR) is 111 cm³/mol. The molecule has 2 amide bonds. The Balaban J connectivity index is 1.45. The second kappa shape index (κ2) is 6.46. The summed E-state index contributed by atoms with van der Waals surface area (Å²) < 4.78 is 0. The molecular weight excluding hydrogens is 440 g/mol. The van der Waals surface area contributed by atoms with Crippen LogP contribution in [0.25, 0.3) is 0 Å². The van der Waals surface area contributed by atoms with Crippen molar-refractivity contribution in [3.8, 4) is 5.75 Å². The monoisotopic (exact) mass is 458 g/mol. The summed E-state index contributed by atoms with van der Waals surface area (Å²) in [6.07, 6.45) is 0.754. The molecule has 8 nitrogen and oxygen atoms in total. The first kappa shape index (κ1) is 19.1. The molecule has 1 aromatic heterocycles. The van der Waals surface area contributed by atoms with Gasteiger partial charge in [-0.1, -0.05) is 23.5 Å². The van der Waals surface area contributed by atoms with Crippen molar-refractivity contribution in [2.24, 2.45) is 29.6 Å². The van der Waals surface area contributed by atoms with Gasteiger partial charge < -0.3 is 15.2 Å². The molecule has 2 aliphatic carbocycles. The van der Waals surface area contributed by atoms with Gasteiger partial charge in [0.2, 0.25) is 11.8 Å². The van der Waals surface area contributed by atoms with Gasteiger partial charge in [0.15, 0.2) is 0 Å². The molecule has 10 heteroatoms. The van der Waals surface area contributed by atoms with Crippen LogP contribution in [-0.4, -0.2) is 49.7 Å². The van der Waals surface area contributed by atoms with E-state index < -0.39 is 24.3 Å². The largest absolute Gasteiger partial charge is 0.508 e. The highest BCUT2D eigenvalue weighted by Gasteiger charge is 2.69. The summed E-state index contributed by atoms with van der Waals surface area (Å²) in [5.41, 5.74) is 0.966. The molecule has 1 aromatic carbocycles. The maximum Gasteiger partial charge on any atom is 0.323 e. The summed E-state index contributed by atoms with van der Waals surface area (Å²) in [5, 5.41) is 19.8. The molecule has 1 saturated heterocycles. The van der Waals surface area contributed by atoms with Crippen LogP contribution >= 0.6 is 23.1 Å². The van der Waals surface area contributed by atoms with Crippen LogP contribution in [-0.2, 0) is 14.4 Å². The number of aliphatic carboxylic acids is 1. The Hall–Kier alpha value is -2.59. The fourth-order valence-corrected chi connectivity index (χ4v) is 9.31. The van der Waals surface area contributed by atoms with E-state index in [-0.39, 0.29) is 51.4 Å². The van der Waals surface area contributed by atoms with Gasteiger partial charge in [0.1, 0.15) is 12.3 Å². The number of hydrogen-bond donors (Lipinski definition) is 3. The number of carbonyl (C=O) groups is 3. The van der Waals surface area contributed by atoms with Gasteiger partial charge in [-0.2, -0.15) is 0 Å². The zero-order chi connectivity index (χ0) is 21.6. The van der Waals surface area contributed by atoms with Crippen LogP contribution in [0.3, 0.4) is 0 Å². The van der Waals surface area contributed by atoms with Crippen LogP contribution in [0.2, 0.25) is 0 Å². The van der Waals surface area contributed by atoms with Crippen molar-refractivity contribution in [1.29, 1.82) is 0 Å². The van der Waals surface area contributed by atoms with Crippen molar-refractivity contribution in [3.63, 3.8) is 0 Å². The zero-order valence-electron chi connectivity index (χ0n) is 16.1. The molecular formula is C21H18N2O6S2. The van der Waals surface area contributed by atoms with Crippen molar-refractivity contribution in [3.05, 3.63) is 44.4 Å². The third-order valence-electron chi connectivity index (χ3n) is 7.36. The van der Waals surface area contributed by atoms with Gasteiger partial charge in [0.25, 0.3) is 0 Å². The maximum atomic E-state index is 13.1. The first-order chi connectivity index (χ1) is 14.8. The van der Waals surface area contributed by atoms with Crippen LogP contribution in [0.4, 0.5) is 0 Å². The summed E-state index contributed by atoms with van der Waals surface area (Å²) >= 11 is 2.76. The minimum absolute atomic E-state index is 0.0311. The number of amides is 2. The van der Waals surface area contributed by atoms with Crippen LogP contribution in [0.5, 0.6) is 5.75 Å². The van der Waals surface area contributed by atoms with Crippen LogP contribution < -0.4 is 4.87 Å². The fourth-order valence-electron chi connectivity index (χ4n) is 6.42. The summed E-state index contributed by atoms with van der Waals surface area (Å²) in [6.45, 7) is -0.589. The lowest BCUT2D eigenvalue weighted by Gasteiger charge is -2.43. The molecule has 3 N–H and O–H groups in total. The average molecular weight is 459 g/mol. The van der Waals surface area contributed by atoms with E-state index >= 15 is 0 Å². The average Bonchev–Trinajstić information content (AvgIpc) is 3.44. The van der Waals surface area contributed by atoms with E-state index in [9.17, 15) is 24.3 Å². The van der Waals surface area contributed by atoms with Crippen LogP contribution in [0.15, 0.2) is 34.1 Å². The van der Waals surface area contributed by atoms with Gasteiger partial charge in [-0.15, -0.1) is 11.8 Å². The van der Waals surface area contributed by atoms with Crippen LogP contribution in [0, 0.1) is 29.6 Å². The Morgan fingerprint density at radius 3 is 2.45 bits per heavy atom. The molecule has 4 aliphatic rings. The first-order valence-corrected chi connectivity index (χ1v) is 11.8. The SMILES string of the molecule is O=C(O)CN1C(=O)C2C3CC(C2C1=O)C1C3Sc2[nH]c(=O)sc2[C@@H]1c1ccc(O)cc1. The van der Waals surface area contributed by atoms with E-state index in [2.05, 4.69) is 4.98 Å². The number of carboxylic acids is 1. The number of aromatic amines is 1. The number of thiazole rings is 1. The summed E-state index contributed by atoms with van der Waals surface area (Å²) in [5.74, 6) is -2.87. The number of rotatable bonds is 3. The Morgan fingerprint density at radius 2 is 1.77 bits per heavy atom. The molecule has 6 unspecified atom stereocenters. The standard InChI is InChI=1S/C21H18N2O6S2/c24-8-3-1-7(2-4-8)12-13-9-5-10(16(13)30-18-17(12)31-21(29)22-18)15-14(9)19(27)23(20(15)28)6-11(25)26/h1-4,9-10,12-16,24H,5-6H2,(H,22,29)(H,25,26)/t9?,10?,12-,13?,14?,15?,16?/m1/s1. The lowest BCUT2D eigenvalue weighted by atomic mass is 9.68. The first-order valence-electron chi connectivity index (χ1n) is 10.1. The molecule has 3 fully saturated rings. The van der Waals surface area contributed by atoms with E-state index in [1.807, 2.05) is 12.1 Å². The van der Waals surface area contributed by atoms with E-state index in [4.69, 9.17) is 5.11 Å². The number of benzene rings is 1. The van der Waals surface area contributed by atoms with E-state index in [0.29, 0.717) is 0 Å². The van der Waals surface area contributed by atoms with Crippen molar-refractivity contribution in [1.82, 2.24) is 9.88 Å². The normalized spacial score (nSPS) is 35.2. The van der Waals surface area contributed by atoms with Crippen molar-refractivity contribution >= 4 is 40.9 Å². The van der Waals surface area contributed by atoms with Gasteiger partial charge in [-0.3, -0.25) is 24.1 Å². The number of carboxylic acid groups (broad SMARTS) is 1. The Labute approximate surface area is 184 Å². The highest BCUT2D eigenvalue weighted by atomic mass is 32.2. The van der Waals surface area contributed by atoms with Crippen molar-refractivity contribution in [2.45, 2.75) is 22.6 Å². The van der Waals surface area contributed by atoms with Crippen molar-refractivity contribution in [2.75, 3.05) is 6.54 Å². The number of phenolic OH excluding ortho intramolecular Hbond substituents is 1. The second-order valence-corrected chi connectivity index (χ2v) is 10.9. The number of nitrogens with one attached hydrogen (secondary N) is 1. The molecule has 2 aromatic rings.